The SMILES string of the molecule is NC(c1ccc(Br)cc1)C1C2CC3CC(C2)CC1C3. The van der Waals surface area contributed by atoms with Crippen molar-refractivity contribution in [3.05, 3.63) is 34.3 Å². The maximum Gasteiger partial charge on any atom is 0.0328 e. The van der Waals surface area contributed by atoms with Gasteiger partial charge in [-0.2, -0.15) is 0 Å². The summed E-state index contributed by atoms with van der Waals surface area (Å²) in [4.78, 5) is 0. The van der Waals surface area contributed by atoms with Crippen molar-refractivity contribution in [2.75, 3.05) is 0 Å². The maximum atomic E-state index is 6.66. The van der Waals surface area contributed by atoms with Crippen molar-refractivity contribution in [1.29, 1.82) is 0 Å². The van der Waals surface area contributed by atoms with Gasteiger partial charge in [0.25, 0.3) is 0 Å². The van der Waals surface area contributed by atoms with E-state index in [-0.39, 0.29) is 6.04 Å². The van der Waals surface area contributed by atoms with E-state index in [1.165, 1.54) is 37.7 Å². The molecular formula is C17H22BrN. The molecule has 1 aromatic rings. The van der Waals surface area contributed by atoms with E-state index >= 15 is 0 Å². The van der Waals surface area contributed by atoms with Gasteiger partial charge in [0.15, 0.2) is 0 Å². The van der Waals surface area contributed by atoms with Crippen molar-refractivity contribution in [2.45, 2.75) is 38.1 Å². The van der Waals surface area contributed by atoms with Crippen molar-refractivity contribution in [1.82, 2.24) is 0 Å². The fourth-order valence-electron chi connectivity index (χ4n) is 5.46. The number of benzene rings is 1. The highest BCUT2D eigenvalue weighted by Gasteiger charge is 2.49. The van der Waals surface area contributed by atoms with E-state index in [0.717, 1.165) is 34.1 Å². The Morgan fingerprint density at radius 3 is 1.95 bits per heavy atom. The van der Waals surface area contributed by atoms with Crippen molar-refractivity contribution in [3.8, 4) is 0 Å². The molecule has 0 radical (unpaired) electrons. The van der Waals surface area contributed by atoms with Crippen LogP contribution in [0.5, 0.6) is 0 Å². The van der Waals surface area contributed by atoms with E-state index in [0.29, 0.717) is 0 Å². The van der Waals surface area contributed by atoms with Gasteiger partial charge < -0.3 is 5.73 Å². The molecule has 102 valence electrons. The van der Waals surface area contributed by atoms with Gasteiger partial charge in [-0.05, 0) is 79.4 Å². The summed E-state index contributed by atoms with van der Waals surface area (Å²) in [6, 6.07) is 8.93. The minimum absolute atomic E-state index is 0.253. The van der Waals surface area contributed by atoms with Crippen LogP contribution in [0.2, 0.25) is 0 Å². The molecule has 0 heterocycles. The minimum atomic E-state index is 0.253. The largest absolute Gasteiger partial charge is 0.324 e. The molecule has 0 spiro atoms. The highest BCUT2D eigenvalue weighted by atomic mass is 79.9. The molecule has 5 rings (SSSR count). The lowest BCUT2D eigenvalue weighted by atomic mass is 9.50. The Labute approximate surface area is 124 Å². The zero-order chi connectivity index (χ0) is 13.0. The molecule has 4 aliphatic rings. The number of rotatable bonds is 2. The fraction of sp³-hybridized carbons (Fsp3) is 0.647. The second kappa shape index (κ2) is 4.60. The lowest BCUT2D eigenvalue weighted by Gasteiger charge is -2.56. The van der Waals surface area contributed by atoms with Gasteiger partial charge in [0.2, 0.25) is 0 Å². The van der Waals surface area contributed by atoms with Gasteiger partial charge in [-0.15, -0.1) is 0 Å². The normalized spacial score (nSPS) is 41.5. The van der Waals surface area contributed by atoms with Gasteiger partial charge >= 0.3 is 0 Å². The van der Waals surface area contributed by atoms with Crippen LogP contribution in [0.25, 0.3) is 0 Å². The number of halogens is 1. The van der Waals surface area contributed by atoms with E-state index < -0.39 is 0 Å². The van der Waals surface area contributed by atoms with Crippen LogP contribution in [0.15, 0.2) is 28.7 Å². The van der Waals surface area contributed by atoms with Crippen LogP contribution in [0.1, 0.15) is 43.7 Å². The molecule has 1 aromatic carbocycles. The lowest BCUT2D eigenvalue weighted by Crippen LogP contribution is -2.48. The summed E-state index contributed by atoms with van der Waals surface area (Å²) in [5.41, 5.74) is 7.99. The van der Waals surface area contributed by atoms with Crippen molar-refractivity contribution >= 4 is 15.9 Å². The second-order valence-corrected chi connectivity index (χ2v) is 8.00. The molecule has 4 fully saturated rings. The van der Waals surface area contributed by atoms with Crippen molar-refractivity contribution in [2.24, 2.45) is 35.3 Å². The Kier molecular flexibility index (Phi) is 3.00. The summed E-state index contributed by atoms with van der Waals surface area (Å²) in [7, 11) is 0. The predicted octanol–water partition coefficient (Wildman–Crippen LogP) is 4.52. The van der Waals surface area contributed by atoms with Crippen LogP contribution in [-0.2, 0) is 0 Å². The highest BCUT2D eigenvalue weighted by Crippen LogP contribution is 2.58. The molecule has 4 aliphatic carbocycles. The highest BCUT2D eigenvalue weighted by molar-refractivity contribution is 9.10. The maximum absolute atomic E-state index is 6.66. The van der Waals surface area contributed by atoms with Gasteiger partial charge in [-0.1, -0.05) is 28.1 Å². The van der Waals surface area contributed by atoms with Gasteiger partial charge in [-0.3, -0.25) is 0 Å². The first-order valence-corrected chi connectivity index (χ1v) is 8.51. The molecule has 1 nitrogen and oxygen atoms in total. The van der Waals surface area contributed by atoms with E-state index in [4.69, 9.17) is 5.73 Å². The Morgan fingerprint density at radius 2 is 1.42 bits per heavy atom. The molecule has 0 saturated heterocycles. The summed E-state index contributed by atoms with van der Waals surface area (Å²) >= 11 is 3.51. The summed E-state index contributed by atoms with van der Waals surface area (Å²) in [6.45, 7) is 0. The molecule has 1 atom stereocenters. The Hall–Kier alpha value is -0.340. The van der Waals surface area contributed by atoms with Crippen molar-refractivity contribution in [3.63, 3.8) is 0 Å². The van der Waals surface area contributed by atoms with Crippen molar-refractivity contribution < 1.29 is 0 Å². The number of nitrogens with two attached hydrogens (primary N) is 1. The summed E-state index contributed by atoms with van der Waals surface area (Å²) in [6.07, 6.45) is 7.36. The Morgan fingerprint density at radius 1 is 0.895 bits per heavy atom. The quantitative estimate of drug-likeness (QED) is 0.852. The lowest BCUT2D eigenvalue weighted by molar-refractivity contribution is -0.0471. The smallest absolute Gasteiger partial charge is 0.0328 e. The summed E-state index contributed by atoms with van der Waals surface area (Å²) < 4.78 is 1.15. The standard InChI is InChI=1S/C17H22BrN/c18-15-3-1-12(2-4-15)17(19)16-13-6-10-5-11(8-13)9-14(16)7-10/h1-4,10-11,13-14,16-17H,5-9,19H2. The fourth-order valence-corrected chi connectivity index (χ4v) is 5.73. The summed E-state index contributed by atoms with van der Waals surface area (Å²) in [5, 5.41) is 0. The van der Waals surface area contributed by atoms with Crippen LogP contribution >= 0.6 is 15.9 Å². The monoisotopic (exact) mass is 319 g/mol. The average molecular weight is 320 g/mol. The first-order chi connectivity index (χ1) is 9.20. The molecule has 2 N–H and O–H groups in total. The van der Waals surface area contributed by atoms with Gasteiger partial charge in [0.1, 0.15) is 0 Å². The van der Waals surface area contributed by atoms with E-state index in [2.05, 4.69) is 40.2 Å². The first-order valence-electron chi connectivity index (χ1n) is 7.71. The number of hydrogen-bond acceptors (Lipinski definition) is 1. The molecule has 0 aromatic heterocycles. The average Bonchev–Trinajstić information content (AvgIpc) is 2.38. The zero-order valence-electron chi connectivity index (χ0n) is 11.3. The van der Waals surface area contributed by atoms with E-state index in [9.17, 15) is 0 Å². The Bertz CT molecular complexity index is 439. The van der Waals surface area contributed by atoms with Crippen LogP contribution in [-0.4, -0.2) is 0 Å². The van der Waals surface area contributed by atoms with E-state index in [1.54, 1.807) is 0 Å². The Balaban J connectivity index is 1.60. The molecule has 2 heteroatoms. The second-order valence-electron chi connectivity index (χ2n) is 7.09. The third kappa shape index (κ3) is 2.08. The topological polar surface area (TPSA) is 26.0 Å². The van der Waals surface area contributed by atoms with Crippen LogP contribution in [0.3, 0.4) is 0 Å². The molecule has 0 amide bonds. The zero-order valence-corrected chi connectivity index (χ0v) is 12.9. The third-order valence-corrected chi connectivity index (χ3v) is 6.50. The van der Waals surface area contributed by atoms with Crippen LogP contribution in [0.4, 0.5) is 0 Å². The molecule has 19 heavy (non-hydrogen) atoms. The van der Waals surface area contributed by atoms with Crippen LogP contribution in [0, 0.1) is 29.6 Å². The third-order valence-electron chi connectivity index (χ3n) is 5.97. The van der Waals surface area contributed by atoms with Gasteiger partial charge in [0.05, 0.1) is 0 Å². The molecule has 0 aliphatic heterocycles. The summed E-state index contributed by atoms with van der Waals surface area (Å²) in [5.74, 6) is 4.64. The predicted molar refractivity (Wildman–Crippen MR) is 81.6 cm³/mol. The first kappa shape index (κ1) is 12.4. The molecular weight excluding hydrogens is 298 g/mol. The van der Waals surface area contributed by atoms with Gasteiger partial charge in [0, 0.05) is 10.5 Å². The minimum Gasteiger partial charge on any atom is -0.324 e. The number of hydrogen-bond donors (Lipinski definition) is 1. The molecule has 1 unspecified atom stereocenters. The van der Waals surface area contributed by atoms with E-state index in [1.807, 2.05) is 0 Å². The molecule has 4 bridgehead atoms. The van der Waals surface area contributed by atoms with Gasteiger partial charge in [-0.25, -0.2) is 0 Å². The van der Waals surface area contributed by atoms with Crippen LogP contribution < -0.4 is 5.73 Å². The molecule has 4 saturated carbocycles.